The van der Waals surface area contributed by atoms with Gasteiger partial charge in [-0.1, -0.05) is 13.8 Å². The Labute approximate surface area is 96.7 Å². The molecule has 0 aromatic rings. The second kappa shape index (κ2) is 5.61. The summed E-state index contributed by atoms with van der Waals surface area (Å²) in [6.45, 7) is 7.77. The summed E-state index contributed by atoms with van der Waals surface area (Å²) in [6, 6.07) is 0. The maximum atomic E-state index is 11.9. The van der Waals surface area contributed by atoms with Crippen LogP contribution in [0.15, 0.2) is 0 Å². The minimum absolute atomic E-state index is 0.138. The van der Waals surface area contributed by atoms with Crippen LogP contribution in [0.2, 0.25) is 0 Å². The molecule has 0 radical (unpaired) electrons. The SMILES string of the molecule is CC(C)C(C)(CN)NC(=O)C1COCCO1. The van der Waals surface area contributed by atoms with Gasteiger partial charge in [0.15, 0.2) is 6.10 Å². The first kappa shape index (κ1) is 13.4. The van der Waals surface area contributed by atoms with E-state index in [1.54, 1.807) is 0 Å². The van der Waals surface area contributed by atoms with E-state index in [-0.39, 0.29) is 11.8 Å². The van der Waals surface area contributed by atoms with Crippen LogP contribution >= 0.6 is 0 Å². The Morgan fingerprint density at radius 1 is 1.56 bits per heavy atom. The zero-order valence-electron chi connectivity index (χ0n) is 10.3. The lowest BCUT2D eigenvalue weighted by Gasteiger charge is -2.35. The highest BCUT2D eigenvalue weighted by molar-refractivity contribution is 5.81. The van der Waals surface area contributed by atoms with Crippen molar-refractivity contribution in [3.63, 3.8) is 0 Å². The number of nitrogens with two attached hydrogens (primary N) is 1. The number of hydrogen-bond donors (Lipinski definition) is 2. The molecule has 1 heterocycles. The molecular formula is C11H22N2O3. The third kappa shape index (κ3) is 3.17. The highest BCUT2D eigenvalue weighted by Gasteiger charge is 2.32. The molecule has 0 saturated carbocycles. The topological polar surface area (TPSA) is 73.6 Å². The Bertz CT molecular complexity index is 239. The Hall–Kier alpha value is -0.650. The average Bonchev–Trinajstić information content (AvgIpc) is 2.29. The molecule has 5 nitrogen and oxygen atoms in total. The summed E-state index contributed by atoms with van der Waals surface area (Å²) in [5, 5.41) is 2.94. The number of carbonyl (C=O) groups is 1. The summed E-state index contributed by atoms with van der Waals surface area (Å²) in [5.74, 6) is 0.132. The predicted octanol–water partition coefficient (Wildman–Crippen LogP) is -0.109. The lowest BCUT2D eigenvalue weighted by atomic mass is 9.88. The molecule has 0 aromatic heterocycles. The van der Waals surface area contributed by atoms with Crippen molar-refractivity contribution in [3.8, 4) is 0 Å². The summed E-state index contributed by atoms with van der Waals surface area (Å²) in [6.07, 6.45) is -0.502. The van der Waals surface area contributed by atoms with Crippen LogP contribution in [-0.2, 0) is 14.3 Å². The van der Waals surface area contributed by atoms with E-state index >= 15 is 0 Å². The van der Waals surface area contributed by atoms with Gasteiger partial charge in [-0.25, -0.2) is 0 Å². The molecule has 16 heavy (non-hydrogen) atoms. The first-order valence-corrected chi connectivity index (χ1v) is 5.71. The quantitative estimate of drug-likeness (QED) is 0.707. The zero-order valence-corrected chi connectivity index (χ0v) is 10.3. The van der Waals surface area contributed by atoms with Gasteiger partial charge in [-0.15, -0.1) is 0 Å². The van der Waals surface area contributed by atoms with Crippen molar-refractivity contribution >= 4 is 5.91 Å². The van der Waals surface area contributed by atoms with Crippen molar-refractivity contribution in [2.75, 3.05) is 26.4 Å². The van der Waals surface area contributed by atoms with Crippen molar-refractivity contribution in [1.29, 1.82) is 0 Å². The van der Waals surface area contributed by atoms with Crippen LogP contribution in [-0.4, -0.2) is 43.9 Å². The van der Waals surface area contributed by atoms with Crippen molar-refractivity contribution in [1.82, 2.24) is 5.32 Å². The zero-order chi connectivity index (χ0) is 12.2. The van der Waals surface area contributed by atoms with Gasteiger partial charge >= 0.3 is 0 Å². The van der Waals surface area contributed by atoms with Crippen LogP contribution in [0, 0.1) is 5.92 Å². The fourth-order valence-corrected chi connectivity index (χ4v) is 1.43. The van der Waals surface area contributed by atoms with Gasteiger partial charge in [-0.05, 0) is 12.8 Å². The summed E-state index contributed by atoms with van der Waals surface area (Å²) < 4.78 is 10.5. The first-order valence-electron chi connectivity index (χ1n) is 5.71. The van der Waals surface area contributed by atoms with Crippen molar-refractivity contribution < 1.29 is 14.3 Å². The fourth-order valence-electron chi connectivity index (χ4n) is 1.43. The third-order valence-electron chi connectivity index (χ3n) is 3.22. The van der Waals surface area contributed by atoms with Gasteiger partial charge in [-0.3, -0.25) is 4.79 Å². The van der Waals surface area contributed by atoms with E-state index in [0.29, 0.717) is 26.4 Å². The summed E-state index contributed by atoms with van der Waals surface area (Å²) >= 11 is 0. The smallest absolute Gasteiger partial charge is 0.252 e. The molecule has 1 aliphatic heterocycles. The molecule has 94 valence electrons. The van der Waals surface area contributed by atoms with Gasteiger partial charge in [-0.2, -0.15) is 0 Å². The summed E-state index contributed by atoms with van der Waals surface area (Å²) in [5.41, 5.74) is 5.31. The summed E-state index contributed by atoms with van der Waals surface area (Å²) in [4.78, 5) is 11.9. The van der Waals surface area contributed by atoms with Gasteiger partial charge in [0.25, 0.3) is 5.91 Å². The average molecular weight is 230 g/mol. The van der Waals surface area contributed by atoms with Crippen LogP contribution in [0.5, 0.6) is 0 Å². The number of nitrogens with one attached hydrogen (secondary N) is 1. The van der Waals surface area contributed by atoms with Crippen molar-refractivity contribution in [2.45, 2.75) is 32.4 Å². The minimum Gasteiger partial charge on any atom is -0.376 e. The van der Waals surface area contributed by atoms with Crippen molar-refractivity contribution in [2.24, 2.45) is 11.7 Å². The van der Waals surface area contributed by atoms with E-state index in [9.17, 15) is 4.79 Å². The molecule has 2 unspecified atom stereocenters. The van der Waals surface area contributed by atoms with E-state index in [2.05, 4.69) is 5.32 Å². The molecule has 1 aliphatic rings. The van der Waals surface area contributed by atoms with Crippen LogP contribution in [0.3, 0.4) is 0 Å². The maximum Gasteiger partial charge on any atom is 0.252 e. The Balaban J connectivity index is 2.54. The minimum atomic E-state index is -0.502. The molecule has 1 saturated heterocycles. The van der Waals surface area contributed by atoms with E-state index in [1.165, 1.54) is 0 Å². The van der Waals surface area contributed by atoms with E-state index in [0.717, 1.165) is 0 Å². The predicted molar refractivity (Wildman–Crippen MR) is 61.0 cm³/mol. The number of carbonyl (C=O) groups excluding carboxylic acids is 1. The number of hydrogen-bond acceptors (Lipinski definition) is 4. The first-order chi connectivity index (χ1) is 7.49. The van der Waals surface area contributed by atoms with E-state index in [1.807, 2.05) is 20.8 Å². The molecule has 1 fully saturated rings. The second-order valence-electron chi connectivity index (χ2n) is 4.70. The highest BCUT2D eigenvalue weighted by atomic mass is 16.6. The highest BCUT2D eigenvalue weighted by Crippen LogP contribution is 2.15. The number of ether oxygens (including phenoxy) is 2. The van der Waals surface area contributed by atoms with E-state index in [4.69, 9.17) is 15.2 Å². The molecule has 0 bridgehead atoms. The maximum absolute atomic E-state index is 11.9. The summed E-state index contributed by atoms with van der Waals surface area (Å²) in [7, 11) is 0. The molecule has 1 amide bonds. The second-order valence-corrected chi connectivity index (χ2v) is 4.70. The Morgan fingerprint density at radius 3 is 2.69 bits per heavy atom. The number of amides is 1. The molecule has 0 aliphatic carbocycles. The van der Waals surface area contributed by atoms with Crippen LogP contribution in [0.4, 0.5) is 0 Å². The third-order valence-corrected chi connectivity index (χ3v) is 3.22. The normalized spacial score (nSPS) is 25.2. The Kier molecular flexibility index (Phi) is 4.70. The van der Waals surface area contributed by atoms with E-state index < -0.39 is 11.6 Å². The largest absolute Gasteiger partial charge is 0.376 e. The lowest BCUT2D eigenvalue weighted by Crippen LogP contribution is -2.58. The van der Waals surface area contributed by atoms with Gasteiger partial charge in [0.2, 0.25) is 0 Å². The molecule has 0 aromatic carbocycles. The van der Waals surface area contributed by atoms with Crippen LogP contribution in [0.1, 0.15) is 20.8 Å². The molecule has 0 spiro atoms. The number of rotatable bonds is 4. The van der Waals surface area contributed by atoms with Gasteiger partial charge in [0.05, 0.1) is 25.4 Å². The molecule has 2 atom stereocenters. The molecule has 1 rings (SSSR count). The van der Waals surface area contributed by atoms with Crippen molar-refractivity contribution in [3.05, 3.63) is 0 Å². The fraction of sp³-hybridized carbons (Fsp3) is 0.909. The molecule has 3 N–H and O–H groups in total. The van der Waals surface area contributed by atoms with Gasteiger partial charge in [0, 0.05) is 6.54 Å². The molecular weight excluding hydrogens is 208 g/mol. The lowest BCUT2D eigenvalue weighted by molar-refractivity contribution is -0.149. The van der Waals surface area contributed by atoms with Crippen LogP contribution < -0.4 is 11.1 Å². The van der Waals surface area contributed by atoms with Gasteiger partial charge in [0.1, 0.15) is 0 Å². The van der Waals surface area contributed by atoms with Crippen LogP contribution in [0.25, 0.3) is 0 Å². The Morgan fingerprint density at radius 2 is 2.25 bits per heavy atom. The molecule has 5 heteroatoms. The standard InChI is InChI=1S/C11H22N2O3/c1-8(2)11(3,7-12)13-10(14)9-6-15-4-5-16-9/h8-9H,4-7,12H2,1-3H3,(H,13,14). The van der Waals surface area contributed by atoms with Gasteiger partial charge < -0.3 is 20.5 Å². The monoisotopic (exact) mass is 230 g/mol.